The van der Waals surface area contributed by atoms with Gasteiger partial charge in [-0.25, -0.2) is 0 Å². The Kier molecular flexibility index (Phi) is 5.05. The fourth-order valence-electron chi connectivity index (χ4n) is 1.85. The predicted molar refractivity (Wildman–Crippen MR) is 69.4 cm³/mol. The van der Waals surface area contributed by atoms with Gasteiger partial charge in [0.1, 0.15) is 12.3 Å². The highest BCUT2D eigenvalue weighted by Gasteiger charge is 2.32. The summed E-state index contributed by atoms with van der Waals surface area (Å²) in [6.07, 6.45) is -4.26. The molecule has 2 N–H and O–H groups in total. The molecule has 6 heteroatoms. The molecule has 0 bridgehead atoms. The molecule has 0 aliphatic heterocycles. The van der Waals surface area contributed by atoms with Crippen LogP contribution in [0.5, 0.6) is 5.75 Å². The summed E-state index contributed by atoms with van der Waals surface area (Å²) in [5.41, 5.74) is 6.73. The van der Waals surface area contributed by atoms with Crippen LogP contribution in [0.15, 0.2) is 18.2 Å². The normalized spacial score (nSPS) is 11.8. The van der Waals surface area contributed by atoms with Crippen LogP contribution in [0.3, 0.4) is 0 Å². The summed E-state index contributed by atoms with van der Waals surface area (Å²) in [5, 5.41) is 0. The van der Waals surface area contributed by atoms with Gasteiger partial charge in [0.15, 0.2) is 0 Å². The van der Waals surface area contributed by atoms with Crippen molar-refractivity contribution in [3.8, 4) is 5.75 Å². The van der Waals surface area contributed by atoms with Crippen LogP contribution in [0.25, 0.3) is 0 Å². The molecule has 108 valence electrons. The monoisotopic (exact) mass is 276 g/mol. The van der Waals surface area contributed by atoms with E-state index in [-0.39, 0.29) is 12.6 Å². The van der Waals surface area contributed by atoms with Crippen molar-refractivity contribution in [1.82, 2.24) is 0 Å². The number of halogens is 3. The molecule has 0 spiro atoms. The van der Waals surface area contributed by atoms with Crippen molar-refractivity contribution in [1.29, 1.82) is 0 Å². The lowest BCUT2D eigenvalue weighted by Gasteiger charge is -2.31. The Hall–Kier alpha value is -1.43. The minimum Gasteiger partial charge on any atom is -0.497 e. The van der Waals surface area contributed by atoms with E-state index in [0.29, 0.717) is 17.0 Å². The van der Waals surface area contributed by atoms with Crippen LogP contribution in [0.4, 0.5) is 18.9 Å². The molecule has 3 nitrogen and oxygen atoms in total. The van der Waals surface area contributed by atoms with E-state index in [0.717, 1.165) is 0 Å². The SMILES string of the molecule is COc1ccc(CN)c(N(CC(F)(F)F)C(C)C)c1. The van der Waals surface area contributed by atoms with Crippen LogP contribution in [-0.2, 0) is 6.54 Å². The molecule has 0 radical (unpaired) electrons. The van der Waals surface area contributed by atoms with Gasteiger partial charge in [0.2, 0.25) is 0 Å². The first-order chi connectivity index (χ1) is 8.78. The molecule has 0 aromatic heterocycles. The van der Waals surface area contributed by atoms with Crippen molar-refractivity contribution in [2.75, 3.05) is 18.6 Å². The maximum atomic E-state index is 12.7. The summed E-state index contributed by atoms with van der Waals surface area (Å²) >= 11 is 0. The second-order valence-electron chi connectivity index (χ2n) is 4.54. The Morgan fingerprint density at radius 2 is 1.95 bits per heavy atom. The fourth-order valence-corrected chi connectivity index (χ4v) is 1.85. The van der Waals surface area contributed by atoms with Crippen LogP contribution in [-0.4, -0.2) is 25.9 Å². The molecule has 0 aliphatic rings. The second-order valence-corrected chi connectivity index (χ2v) is 4.54. The summed E-state index contributed by atoms with van der Waals surface area (Å²) in [6, 6.07) is 4.69. The van der Waals surface area contributed by atoms with Crippen LogP contribution >= 0.6 is 0 Å². The number of nitrogens with zero attached hydrogens (tertiary/aromatic N) is 1. The molecule has 0 saturated carbocycles. The molecular formula is C13H19F3N2O. The van der Waals surface area contributed by atoms with E-state index in [2.05, 4.69) is 0 Å². The fraction of sp³-hybridized carbons (Fsp3) is 0.538. The average molecular weight is 276 g/mol. The largest absolute Gasteiger partial charge is 0.497 e. The molecule has 0 aliphatic carbocycles. The Bertz CT molecular complexity index is 419. The van der Waals surface area contributed by atoms with Crippen LogP contribution < -0.4 is 15.4 Å². The van der Waals surface area contributed by atoms with Gasteiger partial charge >= 0.3 is 6.18 Å². The van der Waals surface area contributed by atoms with Gasteiger partial charge in [-0.2, -0.15) is 13.2 Å². The molecule has 19 heavy (non-hydrogen) atoms. The van der Waals surface area contributed by atoms with E-state index in [1.807, 2.05) is 0 Å². The first kappa shape index (κ1) is 15.6. The van der Waals surface area contributed by atoms with Gasteiger partial charge in [-0.05, 0) is 25.5 Å². The Morgan fingerprint density at radius 1 is 1.32 bits per heavy atom. The zero-order valence-electron chi connectivity index (χ0n) is 11.3. The average Bonchev–Trinajstić information content (AvgIpc) is 2.33. The van der Waals surface area contributed by atoms with Crippen LogP contribution in [0, 0.1) is 0 Å². The van der Waals surface area contributed by atoms with E-state index in [4.69, 9.17) is 10.5 Å². The predicted octanol–water partition coefficient (Wildman–Crippen LogP) is 2.93. The van der Waals surface area contributed by atoms with E-state index in [1.165, 1.54) is 12.0 Å². The lowest BCUT2D eigenvalue weighted by Crippen LogP contribution is -2.39. The maximum Gasteiger partial charge on any atom is 0.405 e. The molecule has 0 unspecified atom stereocenters. The molecular weight excluding hydrogens is 257 g/mol. The van der Waals surface area contributed by atoms with Crippen molar-refractivity contribution >= 4 is 5.69 Å². The third kappa shape index (κ3) is 4.31. The number of hydrogen-bond acceptors (Lipinski definition) is 3. The van der Waals surface area contributed by atoms with E-state index >= 15 is 0 Å². The van der Waals surface area contributed by atoms with Gasteiger partial charge in [-0.15, -0.1) is 0 Å². The van der Waals surface area contributed by atoms with Gasteiger partial charge in [0.25, 0.3) is 0 Å². The minimum absolute atomic E-state index is 0.181. The molecule has 0 saturated heterocycles. The van der Waals surface area contributed by atoms with E-state index in [9.17, 15) is 13.2 Å². The number of benzene rings is 1. The van der Waals surface area contributed by atoms with Crippen molar-refractivity contribution in [2.24, 2.45) is 5.73 Å². The van der Waals surface area contributed by atoms with Crippen molar-refractivity contribution in [3.05, 3.63) is 23.8 Å². The van der Waals surface area contributed by atoms with E-state index in [1.54, 1.807) is 32.0 Å². The topological polar surface area (TPSA) is 38.5 Å². The zero-order chi connectivity index (χ0) is 14.6. The first-order valence-corrected chi connectivity index (χ1v) is 5.99. The molecule has 0 heterocycles. The van der Waals surface area contributed by atoms with Gasteiger partial charge in [-0.3, -0.25) is 0 Å². The molecule has 1 rings (SSSR count). The highest BCUT2D eigenvalue weighted by atomic mass is 19.4. The van der Waals surface area contributed by atoms with Crippen LogP contribution in [0.2, 0.25) is 0 Å². The quantitative estimate of drug-likeness (QED) is 0.898. The smallest absolute Gasteiger partial charge is 0.405 e. The zero-order valence-corrected chi connectivity index (χ0v) is 11.3. The number of alkyl halides is 3. The summed E-state index contributed by atoms with van der Waals surface area (Å²) in [4.78, 5) is 1.28. The Morgan fingerprint density at radius 3 is 2.37 bits per heavy atom. The number of methoxy groups -OCH3 is 1. The van der Waals surface area contributed by atoms with Gasteiger partial charge in [0, 0.05) is 24.3 Å². The number of rotatable bonds is 5. The van der Waals surface area contributed by atoms with Crippen LogP contribution in [0.1, 0.15) is 19.4 Å². The number of hydrogen-bond donors (Lipinski definition) is 1. The molecule has 0 amide bonds. The molecule has 0 atom stereocenters. The van der Waals surface area contributed by atoms with Gasteiger partial charge in [-0.1, -0.05) is 6.07 Å². The Balaban J connectivity index is 3.20. The second kappa shape index (κ2) is 6.14. The third-order valence-corrected chi connectivity index (χ3v) is 2.79. The van der Waals surface area contributed by atoms with E-state index < -0.39 is 12.7 Å². The van der Waals surface area contributed by atoms with Crippen molar-refractivity contribution in [3.63, 3.8) is 0 Å². The summed E-state index contributed by atoms with van der Waals surface area (Å²) in [5.74, 6) is 0.514. The first-order valence-electron chi connectivity index (χ1n) is 5.99. The number of anilines is 1. The number of ether oxygens (including phenoxy) is 1. The Labute approximate surface area is 111 Å². The molecule has 0 fully saturated rings. The summed E-state index contributed by atoms with van der Waals surface area (Å²) in [6.45, 7) is 2.60. The molecule has 1 aromatic rings. The van der Waals surface area contributed by atoms with Crippen molar-refractivity contribution in [2.45, 2.75) is 32.6 Å². The number of nitrogens with two attached hydrogens (primary N) is 1. The lowest BCUT2D eigenvalue weighted by molar-refractivity contribution is -0.120. The van der Waals surface area contributed by atoms with Gasteiger partial charge < -0.3 is 15.4 Å². The highest BCUT2D eigenvalue weighted by molar-refractivity contribution is 5.58. The third-order valence-electron chi connectivity index (χ3n) is 2.79. The van der Waals surface area contributed by atoms with Gasteiger partial charge in [0.05, 0.1) is 7.11 Å². The molecule has 1 aromatic carbocycles. The minimum atomic E-state index is -4.26. The standard InChI is InChI=1S/C13H19F3N2O/c1-9(2)18(8-13(14,15)16)12-6-11(19-3)5-4-10(12)7-17/h4-6,9H,7-8,17H2,1-3H3. The highest BCUT2D eigenvalue weighted by Crippen LogP contribution is 2.30. The maximum absolute atomic E-state index is 12.7. The summed E-state index contributed by atoms with van der Waals surface area (Å²) in [7, 11) is 1.48. The lowest BCUT2D eigenvalue weighted by atomic mass is 10.1. The van der Waals surface area contributed by atoms with Crippen molar-refractivity contribution < 1.29 is 17.9 Å². The summed E-state index contributed by atoms with van der Waals surface area (Å²) < 4.78 is 43.1.